The number of alkyl halides is 3. The van der Waals surface area contributed by atoms with Crippen LogP contribution in [0.15, 0.2) is 24.3 Å². The Balaban J connectivity index is 1.94. The second-order valence-corrected chi connectivity index (χ2v) is 4.91. The Kier molecular flexibility index (Phi) is 4.20. The lowest BCUT2D eigenvalue weighted by Gasteiger charge is -2.13. The maximum Gasteiger partial charge on any atom is 0.416 e. The molecule has 1 aromatic rings. The Labute approximate surface area is 119 Å². The lowest BCUT2D eigenvalue weighted by atomic mass is 10.1. The summed E-state index contributed by atoms with van der Waals surface area (Å²) in [5, 5.41) is 2.67. The van der Waals surface area contributed by atoms with Gasteiger partial charge in [0.05, 0.1) is 11.1 Å². The molecule has 1 amide bonds. The zero-order chi connectivity index (χ0) is 15.6. The number of rotatable bonds is 4. The molecule has 1 aliphatic carbocycles. The van der Waals surface area contributed by atoms with E-state index < -0.39 is 29.7 Å². The van der Waals surface area contributed by atoms with Gasteiger partial charge < -0.3 is 10.1 Å². The maximum atomic E-state index is 12.4. The number of nitrogens with one attached hydrogen (secondary N) is 1. The molecule has 4 nitrogen and oxygen atoms in total. The smallest absolute Gasteiger partial charge is 0.416 e. The van der Waals surface area contributed by atoms with Gasteiger partial charge in [-0.25, -0.2) is 4.79 Å². The highest BCUT2D eigenvalue weighted by molar-refractivity contribution is 5.92. The van der Waals surface area contributed by atoms with Gasteiger partial charge in [0.25, 0.3) is 5.91 Å². The fourth-order valence-electron chi connectivity index (χ4n) is 1.62. The van der Waals surface area contributed by atoms with Crippen molar-refractivity contribution in [1.29, 1.82) is 0 Å². The van der Waals surface area contributed by atoms with Crippen molar-refractivity contribution in [3.05, 3.63) is 35.4 Å². The molecule has 7 heteroatoms. The van der Waals surface area contributed by atoms with Crippen molar-refractivity contribution < 1.29 is 27.5 Å². The summed E-state index contributed by atoms with van der Waals surface area (Å²) in [4.78, 5) is 23.3. The summed E-state index contributed by atoms with van der Waals surface area (Å²) < 4.78 is 42.1. The fourth-order valence-corrected chi connectivity index (χ4v) is 1.62. The molecule has 21 heavy (non-hydrogen) atoms. The molecule has 0 radical (unpaired) electrons. The summed E-state index contributed by atoms with van der Waals surface area (Å²) in [6, 6.07) is 3.79. The molecule has 0 unspecified atom stereocenters. The summed E-state index contributed by atoms with van der Waals surface area (Å²) in [5.74, 6) is -1.24. The van der Waals surface area contributed by atoms with E-state index in [9.17, 15) is 22.8 Å². The van der Waals surface area contributed by atoms with Crippen molar-refractivity contribution in [3.63, 3.8) is 0 Å². The third-order valence-electron chi connectivity index (χ3n) is 3.02. The molecular weight excluding hydrogens is 287 g/mol. The first-order valence-electron chi connectivity index (χ1n) is 6.46. The number of benzene rings is 1. The van der Waals surface area contributed by atoms with E-state index in [4.69, 9.17) is 4.74 Å². The van der Waals surface area contributed by atoms with Gasteiger partial charge in [-0.2, -0.15) is 13.2 Å². The van der Waals surface area contributed by atoms with E-state index in [1.54, 1.807) is 0 Å². The number of amides is 1. The maximum absolute atomic E-state index is 12.4. The number of esters is 1. The van der Waals surface area contributed by atoms with Gasteiger partial charge in [0.2, 0.25) is 0 Å². The van der Waals surface area contributed by atoms with Gasteiger partial charge in [-0.1, -0.05) is 0 Å². The first-order valence-corrected chi connectivity index (χ1v) is 6.46. The predicted molar refractivity (Wildman–Crippen MR) is 67.5 cm³/mol. The van der Waals surface area contributed by atoms with Crippen LogP contribution in [0.4, 0.5) is 13.2 Å². The number of ether oxygens (including phenoxy) is 1. The summed E-state index contributed by atoms with van der Waals surface area (Å²) in [7, 11) is 0. The second-order valence-electron chi connectivity index (χ2n) is 4.91. The van der Waals surface area contributed by atoms with Crippen molar-refractivity contribution in [1.82, 2.24) is 5.32 Å². The van der Waals surface area contributed by atoms with Gasteiger partial charge in [0.1, 0.15) is 0 Å². The van der Waals surface area contributed by atoms with Crippen molar-refractivity contribution in [2.24, 2.45) is 0 Å². The largest absolute Gasteiger partial charge is 0.449 e. The Morgan fingerprint density at radius 2 is 1.81 bits per heavy atom. The minimum absolute atomic E-state index is 0.0333. The third-order valence-corrected chi connectivity index (χ3v) is 3.02. The lowest BCUT2D eigenvalue weighted by molar-refractivity contribution is -0.137. The summed E-state index contributed by atoms with van der Waals surface area (Å²) in [5.41, 5.74) is -0.882. The molecule has 0 spiro atoms. The van der Waals surface area contributed by atoms with Crippen molar-refractivity contribution >= 4 is 11.9 Å². The average Bonchev–Trinajstić information content (AvgIpc) is 3.21. The molecule has 114 valence electrons. The predicted octanol–water partition coefficient (Wildman–Crippen LogP) is 2.53. The Bertz CT molecular complexity index is 535. The minimum Gasteiger partial charge on any atom is -0.449 e. The van der Waals surface area contributed by atoms with Gasteiger partial charge in [0.15, 0.2) is 6.10 Å². The SMILES string of the molecule is C[C@H](OC(=O)c1ccc(C(F)(F)F)cc1)C(=O)NC1CC1. The van der Waals surface area contributed by atoms with Crippen LogP contribution in [0.25, 0.3) is 0 Å². The van der Waals surface area contributed by atoms with E-state index in [1.165, 1.54) is 6.92 Å². The second kappa shape index (κ2) is 5.75. The van der Waals surface area contributed by atoms with Crippen LogP contribution < -0.4 is 5.32 Å². The zero-order valence-corrected chi connectivity index (χ0v) is 11.2. The molecule has 0 bridgehead atoms. The van der Waals surface area contributed by atoms with Gasteiger partial charge in [0, 0.05) is 6.04 Å². The van der Waals surface area contributed by atoms with E-state index in [0.717, 1.165) is 37.1 Å². The Morgan fingerprint density at radius 1 is 1.24 bits per heavy atom. The zero-order valence-electron chi connectivity index (χ0n) is 11.2. The quantitative estimate of drug-likeness (QED) is 0.870. The summed E-state index contributed by atoms with van der Waals surface area (Å²) >= 11 is 0. The number of halogens is 3. The van der Waals surface area contributed by atoms with Crippen LogP contribution in [0.3, 0.4) is 0 Å². The summed E-state index contributed by atoms with van der Waals surface area (Å²) in [6.45, 7) is 1.42. The molecule has 1 fully saturated rings. The van der Waals surface area contributed by atoms with Crippen molar-refractivity contribution in [2.75, 3.05) is 0 Å². The van der Waals surface area contributed by atoms with Crippen LogP contribution in [-0.4, -0.2) is 24.0 Å². The Morgan fingerprint density at radius 3 is 2.29 bits per heavy atom. The molecule has 1 aromatic carbocycles. The van der Waals surface area contributed by atoms with E-state index in [2.05, 4.69) is 5.32 Å². The molecule has 0 aromatic heterocycles. The lowest BCUT2D eigenvalue weighted by Crippen LogP contribution is -2.37. The highest BCUT2D eigenvalue weighted by Crippen LogP contribution is 2.29. The van der Waals surface area contributed by atoms with Crippen molar-refractivity contribution in [3.8, 4) is 0 Å². The van der Waals surface area contributed by atoms with E-state index in [0.29, 0.717) is 0 Å². The molecule has 0 aliphatic heterocycles. The van der Waals surface area contributed by atoms with Crippen molar-refractivity contribution in [2.45, 2.75) is 38.1 Å². The van der Waals surface area contributed by atoms with Crippen LogP contribution in [0.2, 0.25) is 0 Å². The first kappa shape index (κ1) is 15.3. The molecule has 0 saturated heterocycles. The van der Waals surface area contributed by atoms with Crippen LogP contribution in [-0.2, 0) is 15.7 Å². The van der Waals surface area contributed by atoms with Gasteiger partial charge >= 0.3 is 12.1 Å². The monoisotopic (exact) mass is 301 g/mol. The molecule has 1 saturated carbocycles. The number of hydrogen-bond acceptors (Lipinski definition) is 3. The molecule has 2 rings (SSSR count). The minimum atomic E-state index is -4.46. The normalized spacial score (nSPS) is 16.2. The van der Waals surface area contributed by atoms with Gasteiger partial charge in [-0.15, -0.1) is 0 Å². The molecule has 0 heterocycles. The van der Waals surface area contributed by atoms with Crippen LogP contribution in [0, 0.1) is 0 Å². The Hall–Kier alpha value is -2.05. The van der Waals surface area contributed by atoms with E-state index in [1.807, 2.05) is 0 Å². The van der Waals surface area contributed by atoms with E-state index in [-0.39, 0.29) is 11.6 Å². The highest BCUT2D eigenvalue weighted by Gasteiger charge is 2.31. The number of carbonyl (C=O) groups is 2. The first-order chi connectivity index (χ1) is 9.77. The van der Waals surface area contributed by atoms with Gasteiger partial charge in [-0.05, 0) is 44.0 Å². The molecule has 1 aliphatic rings. The molecule has 1 atom stereocenters. The van der Waals surface area contributed by atoms with Crippen LogP contribution in [0.5, 0.6) is 0 Å². The molecular formula is C14H14F3NO3. The molecule has 1 N–H and O–H groups in total. The number of carbonyl (C=O) groups excluding carboxylic acids is 2. The summed E-state index contributed by atoms with van der Waals surface area (Å²) in [6.07, 6.45) is -3.63. The van der Waals surface area contributed by atoms with Crippen LogP contribution >= 0.6 is 0 Å². The standard InChI is InChI=1S/C14H14F3NO3/c1-8(12(19)18-11-6-7-11)21-13(20)9-2-4-10(5-3-9)14(15,16)17/h2-5,8,11H,6-7H2,1H3,(H,18,19)/t8-/m0/s1. The topological polar surface area (TPSA) is 55.4 Å². The third kappa shape index (κ3) is 4.21. The van der Waals surface area contributed by atoms with E-state index >= 15 is 0 Å². The average molecular weight is 301 g/mol. The van der Waals surface area contributed by atoms with Gasteiger partial charge in [-0.3, -0.25) is 4.79 Å². The number of hydrogen-bond donors (Lipinski definition) is 1. The fraction of sp³-hybridized carbons (Fsp3) is 0.429. The van der Waals surface area contributed by atoms with Crippen LogP contribution in [0.1, 0.15) is 35.7 Å². The highest BCUT2D eigenvalue weighted by atomic mass is 19.4.